The standard InChI is InChI=1S/C19H20BrFN2O4S/c1-23(11-12-3-8-18(27-2)17(21)9-12)19(24)15-10-14(6-7-16(15)20)28(25,26)22-13-4-5-13/h3,6-10,13,22H,4-5,11H2,1-2H3. The van der Waals surface area contributed by atoms with Crippen LogP contribution in [0.1, 0.15) is 28.8 Å². The average Bonchev–Trinajstić information content (AvgIpc) is 3.44. The van der Waals surface area contributed by atoms with Crippen LogP contribution in [-0.2, 0) is 16.6 Å². The number of halogens is 2. The van der Waals surface area contributed by atoms with E-state index >= 15 is 0 Å². The van der Waals surface area contributed by atoms with Gasteiger partial charge < -0.3 is 9.64 Å². The molecule has 3 rings (SSSR count). The van der Waals surface area contributed by atoms with Gasteiger partial charge in [-0.05, 0) is 64.7 Å². The van der Waals surface area contributed by atoms with Crippen LogP contribution in [0.15, 0.2) is 45.8 Å². The van der Waals surface area contributed by atoms with Crippen molar-refractivity contribution in [3.05, 3.63) is 57.8 Å². The molecule has 1 N–H and O–H groups in total. The number of nitrogens with one attached hydrogen (secondary N) is 1. The topological polar surface area (TPSA) is 75.7 Å². The van der Waals surface area contributed by atoms with Gasteiger partial charge in [0.05, 0.1) is 17.6 Å². The Labute approximate surface area is 171 Å². The van der Waals surface area contributed by atoms with Crippen LogP contribution in [-0.4, -0.2) is 39.4 Å². The van der Waals surface area contributed by atoms with Crippen LogP contribution in [0.3, 0.4) is 0 Å². The largest absolute Gasteiger partial charge is 0.494 e. The lowest BCUT2D eigenvalue weighted by Crippen LogP contribution is -2.28. The Kier molecular flexibility index (Phi) is 6.07. The Morgan fingerprint density at radius 1 is 1.29 bits per heavy atom. The maximum absolute atomic E-state index is 13.9. The van der Waals surface area contributed by atoms with Crippen molar-refractivity contribution < 1.29 is 22.3 Å². The number of amides is 1. The van der Waals surface area contributed by atoms with Crippen molar-refractivity contribution in [2.24, 2.45) is 0 Å². The third-order valence-corrected chi connectivity index (χ3v) is 6.57. The molecule has 0 atom stereocenters. The van der Waals surface area contributed by atoms with Crippen LogP contribution in [0.4, 0.5) is 4.39 Å². The molecular weight excluding hydrogens is 451 g/mol. The zero-order valence-electron chi connectivity index (χ0n) is 15.4. The van der Waals surface area contributed by atoms with E-state index in [1.54, 1.807) is 13.1 Å². The van der Waals surface area contributed by atoms with Crippen LogP contribution in [0.25, 0.3) is 0 Å². The first-order valence-corrected chi connectivity index (χ1v) is 10.9. The summed E-state index contributed by atoms with van der Waals surface area (Å²) < 4.78 is 46.7. The second-order valence-electron chi connectivity index (χ2n) is 6.67. The maximum Gasteiger partial charge on any atom is 0.255 e. The lowest BCUT2D eigenvalue weighted by molar-refractivity contribution is 0.0783. The summed E-state index contributed by atoms with van der Waals surface area (Å²) in [5.41, 5.74) is 0.805. The molecule has 1 fully saturated rings. The molecule has 2 aromatic rings. The van der Waals surface area contributed by atoms with Gasteiger partial charge in [-0.2, -0.15) is 0 Å². The van der Waals surface area contributed by atoms with E-state index in [4.69, 9.17) is 4.74 Å². The Morgan fingerprint density at radius 3 is 2.61 bits per heavy atom. The molecule has 1 aliphatic rings. The van der Waals surface area contributed by atoms with Crippen LogP contribution in [0, 0.1) is 5.82 Å². The van der Waals surface area contributed by atoms with Gasteiger partial charge >= 0.3 is 0 Å². The predicted octanol–water partition coefficient (Wildman–Crippen LogP) is 3.31. The first-order valence-electron chi connectivity index (χ1n) is 8.61. The van der Waals surface area contributed by atoms with Crippen LogP contribution < -0.4 is 9.46 Å². The highest BCUT2D eigenvalue weighted by Crippen LogP contribution is 2.26. The molecule has 6 nitrogen and oxygen atoms in total. The highest BCUT2D eigenvalue weighted by atomic mass is 79.9. The number of sulfonamides is 1. The summed E-state index contributed by atoms with van der Waals surface area (Å²) in [5, 5.41) is 0. The summed E-state index contributed by atoms with van der Waals surface area (Å²) in [6, 6.07) is 8.78. The number of hydrogen-bond donors (Lipinski definition) is 1. The number of rotatable bonds is 7. The minimum Gasteiger partial charge on any atom is -0.494 e. The van der Waals surface area contributed by atoms with E-state index in [2.05, 4.69) is 20.7 Å². The molecule has 0 unspecified atom stereocenters. The van der Waals surface area contributed by atoms with E-state index in [1.807, 2.05) is 0 Å². The molecule has 0 bridgehead atoms. The number of hydrogen-bond acceptors (Lipinski definition) is 4. The number of benzene rings is 2. The molecule has 0 saturated heterocycles. The van der Waals surface area contributed by atoms with Gasteiger partial charge in [0.15, 0.2) is 11.6 Å². The summed E-state index contributed by atoms with van der Waals surface area (Å²) in [6.07, 6.45) is 1.64. The molecule has 9 heteroatoms. The highest BCUT2D eigenvalue weighted by molar-refractivity contribution is 9.10. The first kappa shape index (κ1) is 20.8. The minimum absolute atomic E-state index is 0.0274. The van der Waals surface area contributed by atoms with Gasteiger partial charge in [-0.3, -0.25) is 4.79 Å². The quantitative estimate of drug-likeness (QED) is 0.673. The Hall–Kier alpha value is -1.97. The molecule has 0 aliphatic heterocycles. The van der Waals surface area contributed by atoms with E-state index in [-0.39, 0.29) is 34.7 Å². The highest BCUT2D eigenvalue weighted by Gasteiger charge is 2.29. The lowest BCUT2D eigenvalue weighted by Gasteiger charge is -2.19. The van der Waals surface area contributed by atoms with Crippen molar-refractivity contribution in [1.29, 1.82) is 0 Å². The second kappa shape index (κ2) is 8.18. The van der Waals surface area contributed by atoms with Crippen molar-refractivity contribution in [3.63, 3.8) is 0 Å². The third kappa shape index (κ3) is 4.71. The smallest absolute Gasteiger partial charge is 0.255 e. The van der Waals surface area contributed by atoms with Gasteiger partial charge in [-0.25, -0.2) is 17.5 Å². The molecule has 0 aromatic heterocycles. The number of carbonyl (C=O) groups is 1. The van der Waals surface area contributed by atoms with Crippen molar-refractivity contribution in [2.75, 3.05) is 14.2 Å². The molecule has 2 aromatic carbocycles. The molecule has 1 saturated carbocycles. The fourth-order valence-corrected chi connectivity index (χ4v) is 4.43. The summed E-state index contributed by atoms with van der Waals surface area (Å²) in [7, 11) is -0.723. The summed E-state index contributed by atoms with van der Waals surface area (Å²) in [6.45, 7) is 0.156. The normalized spacial score (nSPS) is 14.0. The van der Waals surface area contributed by atoms with E-state index in [0.717, 1.165) is 12.8 Å². The lowest BCUT2D eigenvalue weighted by atomic mass is 10.1. The zero-order chi connectivity index (χ0) is 20.5. The van der Waals surface area contributed by atoms with E-state index in [9.17, 15) is 17.6 Å². The predicted molar refractivity (Wildman–Crippen MR) is 106 cm³/mol. The minimum atomic E-state index is -3.67. The Balaban J connectivity index is 1.80. The van der Waals surface area contributed by atoms with Gasteiger partial charge in [-0.1, -0.05) is 6.07 Å². The molecule has 0 heterocycles. The van der Waals surface area contributed by atoms with Crippen LogP contribution in [0.5, 0.6) is 5.75 Å². The molecule has 1 aliphatic carbocycles. The van der Waals surface area contributed by atoms with Crippen molar-refractivity contribution in [3.8, 4) is 5.75 Å². The van der Waals surface area contributed by atoms with Gasteiger partial charge in [0.2, 0.25) is 10.0 Å². The molecule has 0 radical (unpaired) electrons. The molecule has 0 spiro atoms. The molecule has 150 valence electrons. The van der Waals surface area contributed by atoms with Crippen LogP contribution in [0.2, 0.25) is 0 Å². The number of nitrogens with zero attached hydrogens (tertiary/aromatic N) is 1. The van der Waals surface area contributed by atoms with Gasteiger partial charge in [0.25, 0.3) is 5.91 Å². The SMILES string of the molecule is COc1ccc(CN(C)C(=O)c2cc(S(=O)(=O)NC3CC3)ccc2Br)cc1F. The van der Waals surface area contributed by atoms with Crippen molar-refractivity contribution in [1.82, 2.24) is 9.62 Å². The second-order valence-corrected chi connectivity index (χ2v) is 9.24. The van der Waals surface area contributed by atoms with Gasteiger partial charge in [0, 0.05) is 24.1 Å². The zero-order valence-corrected chi connectivity index (χ0v) is 17.8. The van der Waals surface area contributed by atoms with Crippen molar-refractivity contribution >= 4 is 31.9 Å². The van der Waals surface area contributed by atoms with Gasteiger partial charge in [-0.15, -0.1) is 0 Å². The summed E-state index contributed by atoms with van der Waals surface area (Å²) >= 11 is 3.31. The number of carbonyl (C=O) groups excluding carboxylic acids is 1. The fourth-order valence-electron chi connectivity index (χ4n) is 2.68. The van der Waals surface area contributed by atoms with Crippen LogP contribution >= 0.6 is 15.9 Å². The number of ether oxygens (including phenoxy) is 1. The first-order chi connectivity index (χ1) is 13.2. The van der Waals surface area contributed by atoms with Crippen molar-refractivity contribution in [2.45, 2.75) is 30.3 Å². The third-order valence-electron chi connectivity index (χ3n) is 4.36. The molecular formula is C19H20BrFN2O4S. The molecule has 28 heavy (non-hydrogen) atoms. The molecule has 1 amide bonds. The Bertz CT molecular complexity index is 1010. The van der Waals surface area contributed by atoms with Gasteiger partial charge in [0.1, 0.15) is 0 Å². The monoisotopic (exact) mass is 470 g/mol. The average molecular weight is 471 g/mol. The summed E-state index contributed by atoms with van der Waals surface area (Å²) in [5.74, 6) is -0.769. The van der Waals surface area contributed by atoms with E-state index < -0.39 is 15.8 Å². The maximum atomic E-state index is 13.9. The van der Waals surface area contributed by atoms with E-state index in [1.165, 1.54) is 42.3 Å². The fraction of sp³-hybridized carbons (Fsp3) is 0.316. The number of methoxy groups -OCH3 is 1. The summed E-state index contributed by atoms with van der Waals surface area (Å²) in [4.78, 5) is 14.3. The Morgan fingerprint density at radius 2 is 2.00 bits per heavy atom. The van der Waals surface area contributed by atoms with E-state index in [0.29, 0.717) is 10.0 Å².